The predicted octanol–water partition coefficient (Wildman–Crippen LogP) is 2.27. The van der Waals surface area contributed by atoms with Crippen LogP contribution < -0.4 is 10.0 Å². The van der Waals surface area contributed by atoms with E-state index in [1.165, 1.54) is 31.2 Å². The highest BCUT2D eigenvalue weighted by Gasteiger charge is 2.22. The second kappa shape index (κ2) is 6.84. The zero-order valence-electron chi connectivity index (χ0n) is 12.1. The lowest BCUT2D eigenvalue weighted by atomic mass is 10.3. The second-order valence-corrected chi connectivity index (χ2v) is 6.51. The molecular formula is C15H14F2N2O3S. The maximum atomic E-state index is 12.8. The zero-order chi connectivity index (χ0) is 17.0. The highest BCUT2D eigenvalue weighted by molar-refractivity contribution is 7.89. The van der Waals surface area contributed by atoms with Gasteiger partial charge >= 0.3 is 0 Å². The van der Waals surface area contributed by atoms with E-state index in [1.807, 2.05) is 0 Å². The molecule has 122 valence electrons. The Hall–Kier alpha value is -2.32. The summed E-state index contributed by atoms with van der Waals surface area (Å²) in [5, 5.41) is 2.46. The van der Waals surface area contributed by atoms with Crippen molar-refractivity contribution < 1.29 is 22.0 Å². The van der Waals surface area contributed by atoms with Gasteiger partial charge in [-0.3, -0.25) is 4.79 Å². The summed E-state index contributed by atoms with van der Waals surface area (Å²) in [6.07, 6.45) is 0. The van der Waals surface area contributed by atoms with Gasteiger partial charge in [0.25, 0.3) is 0 Å². The van der Waals surface area contributed by atoms with Gasteiger partial charge in [0, 0.05) is 5.69 Å². The van der Waals surface area contributed by atoms with Crippen LogP contribution in [-0.4, -0.2) is 20.4 Å². The summed E-state index contributed by atoms with van der Waals surface area (Å²) in [5.41, 5.74) is 0.337. The quantitative estimate of drug-likeness (QED) is 0.877. The molecule has 0 saturated carbocycles. The lowest BCUT2D eigenvalue weighted by Crippen LogP contribution is -2.41. The van der Waals surface area contributed by atoms with Gasteiger partial charge < -0.3 is 5.32 Å². The standard InChI is InChI=1S/C15H14F2N2O3S/c1-10(15(20)18-13-6-2-11(16)3-7-13)19-23(21,22)14-8-4-12(17)5-9-14/h2-10,19H,1H3,(H,18,20)/t10-/m0/s1. The smallest absolute Gasteiger partial charge is 0.242 e. The summed E-state index contributed by atoms with van der Waals surface area (Å²) in [6, 6.07) is 8.20. The SMILES string of the molecule is C[C@H](NS(=O)(=O)c1ccc(F)cc1)C(=O)Nc1ccc(F)cc1. The monoisotopic (exact) mass is 340 g/mol. The van der Waals surface area contributed by atoms with Gasteiger partial charge in [-0.15, -0.1) is 0 Å². The normalized spacial score (nSPS) is 12.7. The van der Waals surface area contributed by atoms with Crippen LogP contribution in [0, 0.1) is 11.6 Å². The van der Waals surface area contributed by atoms with Crippen molar-refractivity contribution >= 4 is 21.6 Å². The number of hydrogen-bond donors (Lipinski definition) is 2. The molecule has 5 nitrogen and oxygen atoms in total. The molecule has 0 aliphatic carbocycles. The van der Waals surface area contributed by atoms with E-state index in [1.54, 1.807) is 0 Å². The number of nitrogens with one attached hydrogen (secondary N) is 2. The van der Waals surface area contributed by atoms with E-state index in [-0.39, 0.29) is 4.90 Å². The number of anilines is 1. The fourth-order valence-corrected chi connectivity index (χ4v) is 2.95. The lowest BCUT2D eigenvalue weighted by molar-refractivity contribution is -0.117. The van der Waals surface area contributed by atoms with Crippen LogP contribution in [0.25, 0.3) is 0 Å². The molecule has 2 aromatic rings. The minimum Gasteiger partial charge on any atom is -0.325 e. The maximum Gasteiger partial charge on any atom is 0.242 e. The molecular weight excluding hydrogens is 326 g/mol. The Morgan fingerprint density at radius 1 is 0.957 bits per heavy atom. The highest BCUT2D eigenvalue weighted by atomic mass is 32.2. The molecule has 0 saturated heterocycles. The molecule has 0 spiro atoms. The van der Waals surface area contributed by atoms with Crippen LogP contribution in [0.2, 0.25) is 0 Å². The topological polar surface area (TPSA) is 75.3 Å². The Balaban J connectivity index is 2.05. The molecule has 0 bridgehead atoms. The number of hydrogen-bond acceptors (Lipinski definition) is 3. The van der Waals surface area contributed by atoms with Gasteiger partial charge in [0.15, 0.2) is 0 Å². The molecule has 23 heavy (non-hydrogen) atoms. The average Bonchev–Trinajstić information content (AvgIpc) is 2.49. The van der Waals surface area contributed by atoms with Crippen LogP contribution >= 0.6 is 0 Å². The summed E-state index contributed by atoms with van der Waals surface area (Å²) >= 11 is 0. The molecule has 2 rings (SSSR count). The molecule has 0 radical (unpaired) electrons. The van der Waals surface area contributed by atoms with Crippen LogP contribution in [0.1, 0.15) is 6.92 Å². The predicted molar refractivity (Wildman–Crippen MR) is 81.2 cm³/mol. The number of sulfonamides is 1. The first kappa shape index (κ1) is 17.0. The molecule has 0 unspecified atom stereocenters. The maximum absolute atomic E-state index is 12.8. The lowest BCUT2D eigenvalue weighted by Gasteiger charge is -2.14. The molecule has 1 amide bonds. The molecule has 0 aromatic heterocycles. The molecule has 8 heteroatoms. The summed E-state index contributed by atoms with van der Waals surface area (Å²) in [5.74, 6) is -1.62. The van der Waals surface area contributed by atoms with E-state index in [0.29, 0.717) is 5.69 Å². The highest BCUT2D eigenvalue weighted by Crippen LogP contribution is 2.12. The van der Waals surface area contributed by atoms with E-state index in [0.717, 1.165) is 24.3 Å². The first-order valence-electron chi connectivity index (χ1n) is 6.62. The summed E-state index contributed by atoms with van der Waals surface area (Å²) in [6.45, 7) is 1.36. The number of amides is 1. The van der Waals surface area contributed by atoms with Crippen molar-refractivity contribution in [1.29, 1.82) is 0 Å². The van der Waals surface area contributed by atoms with Crippen molar-refractivity contribution in [3.8, 4) is 0 Å². The number of carbonyl (C=O) groups is 1. The first-order valence-corrected chi connectivity index (χ1v) is 8.10. The van der Waals surface area contributed by atoms with Gasteiger partial charge in [0.2, 0.25) is 15.9 Å². The molecule has 0 fully saturated rings. The molecule has 1 atom stereocenters. The van der Waals surface area contributed by atoms with Crippen molar-refractivity contribution in [1.82, 2.24) is 4.72 Å². The van der Waals surface area contributed by atoms with Gasteiger partial charge in [-0.25, -0.2) is 17.2 Å². The van der Waals surface area contributed by atoms with Gasteiger partial charge in [-0.05, 0) is 55.5 Å². The minimum absolute atomic E-state index is 0.152. The Labute approximate surface area is 132 Å². The number of benzene rings is 2. The van der Waals surface area contributed by atoms with Crippen molar-refractivity contribution in [3.05, 3.63) is 60.2 Å². The second-order valence-electron chi connectivity index (χ2n) is 4.79. The summed E-state index contributed by atoms with van der Waals surface area (Å²) < 4.78 is 52.0. The van der Waals surface area contributed by atoms with Crippen LogP contribution in [0.4, 0.5) is 14.5 Å². The van der Waals surface area contributed by atoms with E-state index in [2.05, 4.69) is 10.0 Å². The minimum atomic E-state index is -3.96. The van der Waals surface area contributed by atoms with Crippen LogP contribution in [0.15, 0.2) is 53.4 Å². The number of carbonyl (C=O) groups excluding carboxylic acids is 1. The van der Waals surface area contributed by atoms with E-state index in [9.17, 15) is 22.0 Å². The van der Waals surface area contributed by atoms with Crippen LogP contribution in [-0.2, 0) is 14.8 Å². The third-order valence-corrected chi connectivity index (χ3v) is 4.52. The average molecular weight is 340 g/mol. The third kappa shape index (κ3) is 4.57. The van der Waals surface area contributed by atoms with Gasteiger partial charge in [0.05, 0.1) is 10.9 Å². The molecule has 0 heterocycles. The van der Waals surface area contributed by atoms with Gasteiger partial charge in [0.1, 0.15) is 11.6 Å². The van der Waals surface area contributed by atoms with E-state index >= 15 is 0 Å². The number of rotatable bonds is 5. The molecule has 2 aromatic carbocycles. The molecule has 2 N–H and O–H groups in total. The van der Waals surface area contributed by atoms with E-state index in [4.69, 9.17) is 0 Å². The molecule has 0 aliphatic rings. The van der Waals surface area contributed by atoms with Crippen molar-refractivity contribution in [2.24, 2.45) is 0 Å². The molecule has 0 aliphatic heterocycles. The Bertz CT molecular complexity index is 790. The zero-order valence-corrected chi connectivity index (χ0v) is 12.9. The van der Waals surface area contributed by atoms with Crippen molar-refractivity contribution in [3.63, 3.8) is 0 Å². The van der Waals surface area contributed by atoms with Gasteiger partial charge in [-0.1, -0.05) is 0 Å². The summed E-state index contributed by atoms with van der Waals surface area (Å²) in [4.78, 5) is 11.8. The fourth-order valence-electron chi connectivity index (χ4n) is 1.75. The Morgan fingerprint density at radius 2 is 1.43 bits per heavy atom. The van der Waals surface area contributed by atoms with Crippen molar-refractivity contribution in [2.75, 3.05) is 5.32 Å². The van der Waals surface area contributed by atoms with Crippen LogP contribution in [0.5, 0.6) is 0 Å². The van der Waals surface area contributed by atoms with Crippen LogP contribution in [0.3, 0.4) is 0 Å². The fraction of sp³-hybridized carbons (Fsp3) is 0.133. The number of halogens is 2. The van der Waals surface area contributed by atoms with E-state index < -0.39 is 33.6 Å². The first-order chi connectivity index (χ1) is 10.8. The largest absolute Gasteiger partial charge is 0.325 e. The Morgan fingerprint density at radius 3 is 1.96 bits per heavy atom. The third-order valence-electron chi connectivity index (χ3n) is 2.96. The summed E-state index contributed by atoms with van der Waals surface area (Å²) in [7, 11) is -3.96. The Kier molecular flexibility index (Phi) is 5.07. The van der Waals surface area contributed by atoms with Crippen molar-refractivity contribution in [2.45, 2.75) is 17.9 Å². The van der Waals surface area contributed by atoms with Gasteiger partial charge in [-0.2, -0.15) is 4.72 Å².